The number of carbonyl (C=O) groups is 1. The quantitative estimate of drug-likeness (QED) is 0.278. The van der Waals surface area contributed by atoms with Gasteiger partial charge in [-0.05, 0) is 26.0 Å². The molecule has 2 aromatic heterocycles. The van der Waals surface area contributed by atoms with Gasteiger partial charge in [-0.25, -0.2) is 27.9 Å². The molecular weight excluding hydrogens is 612 g/mol. The highest BCUT2D eigenvalue weighted by Crippen LogP contribution is 2.31. The smallest absolute Gasteiger partial charge is 0.407 e. The average molecular weight is 637 g/mol. The summed E-state index contributed by atoms with van der Waals surface area (Å²) in [5.41, 5.74) is -3.06. The number of nitrogens with zero attached hydrogens (tertiary/aromatic N) is 6. The van der Waals surface area contributed by atoms with Gasteiger partial charge >= 0.3 is 12.3 Å². The maximum absolute atomic E-state index is 15.0. The first kappa shape index (κ1) is 31.9. The van der Waals surface area contributed by atoms with Crippen molar-refractivity contribution in [2.75, 3.05) is 29.3 Å². The van der Waals surface area contributed by atoms with Gasteiger partial charge in [0.15, 0.2) is 17.3 Å². The Kier molecular flexibility index (Phi) is 9.14. The Morgan fingerprint density at radius 3 is 2.44 bits per heavy atom. The van der Waals surface area contributed by atoms with Gasteiger partial charge in [0.2, 0.25) is 5.95 Å². The first-order chi connectivity index (χ1) is 20.1. The molecule has 234 valence electrons. The van der Waals surface area contributed by atoms with Crippen LogP contribution in [0, 0.1) is 11.6 Å². The molecule has 1 aliphatic rings. The third-order valence-electron chi connectivity index (χ3n) is 6.47. The molecule has 1 unspecified atom stereocenters. The van der Waals surface area contributed by atoms with Gasteiger partial charge < -0.3 is 19.9 Å². The first-order valence-corrected chi connectivity index (χ1v) is 13.7. The molecule has 2 N–H and O–H groups in total. The number of likely N-dealkylation sites (tertiary alicyclic amines) is 1. The zero-order valence-corrected chi connectivity index (χ0v) is 23.3. The van der Waals surface area contributed by atoms with Crippen molar-refractivity contribution < 1.29 is 45.0 Å². The SMILES string of the molecule is CC(C)n1c(=O)c(-c2cc(F)c(N(CCC(F)(F)F)S(=O)[O-])c(F)c2)nc2cnc(N[C@H]3C[C@H](F)CN(C(=O)O)C3)nc21. The number of nitrogens with one attached hydrogen (secondary N) is 1. The molecular formula is C24H24F6N7O5S-. The van der Waals surface area contributed by atoms with Crippen molar-refractivity contribution in [3.8, 4) is 11.3 Å². The summed E-state index contributed by atoms with van der Waals surface area (Å²) >= 11 is -3.46. The van der Waals surface area contributed by atoms with Gasteiger partial charge in [-0.15, -0.1) is 0 Å². The number of amides is 1. The number of carboxylic acid groups (broad SMARTS) is 1. The van der Waals surface area contributed by atoms with Crippen LogP contribution in [-0.4, -0.2) is 82.4 Å². The van der Waals surface area contributed by atoms with Crippen LogP contribution in [0.4, 0.5) is 42.8 Å². The van der Waals surface area contributed by atoms with Crippen molar-refractivity contribution in [1.29, 1.82) is 0 Å². The number of anilines is 2. The van der Waals surface area contributed by atoms with Gasteiger partial charge in [0, 0.05) is 48.4 Å². The minimum Gasteiger partial charge on any atom is -0.755 e. The van der Waals surface area contributed by atoms with Gasteiger partial charge in [-0.3, -0.25) is 17.9 Å². The number of piperidine rings is 1. The van der Waals surface area contributed by atoms with E-state index in [4.69, 9.17) is 0 Å². The lowest BCUT2D eigenvalue weighted by atomic mass is 10.0. The van der Waals surface area contributed by atoms with Crippen LogP contribution in [0.5, 0.6) is 0 Å². The molecule has 3 aromatic rings. The van der Waals surface area contributed by atoms with Crippen molar-refractivity contribution >= 4 is 40.2 Å². The number of alkyl halides is 4. The van der Waals surface area contributed by atoms with Crippen LogP contribution in [-0.2, 0) is 11.3 Å². The van der Waals surface area contributed by atoms with E-state index in [1.165, 1.54) is 6.20 Å². The number of fused-ring (bicyclic) bond motifs is 1. The summed E-state index contributed by atoms with van der Waals surface area (Å²) in [7, 11) is 0. The summed E-state index contributed by atoms with van der Waals surface area (Å²) in [5.74, 6) is -3.17. The Bertz CT molecular complexity index is 1600. The van der Waals surface area contributed by atoms with E-state index in [1.807, 2.05) is 0 Å². The maximum atomic E-state index is 15.0. The van der Waals surface area contributed by atoms with E-state index < -0.39 is 88.9 Å². The summed E-state index contributed by atoms with van der Waals surface area (Å²) in [5, 5.41) is 12.1. The van der Waals surface area contributed by atoms with E-state index in [2.05, 4.69) is 20.3 Å². The maximum Gasteiger partial charge on any atom is 0.407 e. The second-order valence-electron chi connectivity index (χ2n) is 9.97. The number of rotatable bonds is 8. The molecule has 1 amide bonds. The molecule has 0 saturated carbocycles. The molecule has 19 heteroatoms. The van der Waals surface area contributed by atoms with Crippen LogP contribution in [0.2, 0.25) is 0 Å². The molecule has 1 aliphatic heterocycles. The topological polar surface area (TPSA) is 157 Å². The monoisotopic (exact) mass is 636 g/mol. The highest BCUT2D eigenvalue weighted by molar-refractivity contribution is 7.80. The van der Waals surface area contributed by atoms with Crippen LogP contribution in [0.3, 0.4) is 0 Å². The second kappa shape index (κ2) is 12.3. The van der Waals surface area contributed by atoms with Crippen LogP contribution in [0.1, 0.15) is 32.7 Å². The lowest BCUT2D eigenvalue weighted by Gasteiger charge is -2.33. The highest BCUT2D eigenvalue weighted by atomic mass is 32.2. The fourth-order valence-electron chi connectivity index (χ4n) is 4.65. The molecule has 0 radical (unpaired) electrons. The third kappa shape index (κ3) is 7.15. The van der Waals surface area contributed by atoms with Crippen molar-refractivity contribution in [2.45, 2.75) is 51.1 Å². The van der Waals surface area contributed by atoms with Crippen LogP contribution < -0.4 is 15.2 Å². The number of hydrogen-bond donors (Lipinski definition) is 2. The predicted molar refractivity (Wildman–Crippen MR) is 141 cm³/mol. The lowest BCUT2D eigenvalue weighted by molar-refractivity contribution is -0.132. The summed E-state index contributed by atoms with van der Waals surface area (Å²) in [6.45, 7) is 1.59. The lowest BCUT2D eigenvalue weighted by Crippen LogP contribution is -2.49. The van der Waals surface area contributed by atoms with E-state index in [-0.39, 0.29) is 40.9 Å². The summed E-state index contributed by atoms with van der Waals surface area (Å²) < 4.78 is 106. The zero-order valence-electron chi connectivity index (χ0n) is 22.4. The van der Waals surface area contributed by atoms with E-state index in [0.717, 1.165) is 9.47 Å². The summed E-state index contributed by atoms with van der Waals surface area (Å²) in [6.07, 6.45) is -8.05. The molecule has 1 fully saturated rings. The van der Waals surface area contributed by atoms with Gasteiger partial charge in [-0.1, -0.05) is 0 Å². The van der Waals surface area contributed by atoms with Crippen molar-refractivity contribution in [1.82, 2.24) is 24.4 Å². The van der Waals surface area contributed by atoms with Crippen molar-refractivity contribution in [3.63, 3.8) is 0 Å². The van der Waals surface area contributed by atoms with E-state index >= 15 is 8.78 Å². The molecule has 4 rings (SSSR count). The molecule has 0 bridgehead atoms. The average Bonchev–Trinajstić information content (AvgIpc) is 2.88. The molecule has 3 atom stereocenters. The van der Waals surface area contributed by atoms with Gasteiger partial charge in [0.25, 0.3) is 5.56 Å². The predicted octanol–water partition coefficient (Wildman–Crippen LogP) is 3.77. The van der Waals surface area contributed by atoms with E-state index in [0.29, 0.717) is 12.1 Å². The van der Waals surface area contributed by atoms with E-state index in [9.17, 15) is 41.0 Å². The zero-order chi connectivity index (χ0) is 31.8. The fraction of sp³-hybridized carbons (Fsp3) is 0.458. The number of halogens is 6. The molecule has 0 aliphatic carbocycles. The van der Waals surface area contributed by atoms with Gasteiger partial charge in [-0.2, -0.15) is 18.2 Å². The van der Waals surface area contributed by atoms with Crippen molar-refractivity contribution in [2.24, 2.45) is 0 Å². The normalized spacial score (nSPS) is 18.2. The van der Waals surface area contributed by atoms with Crippen LogP contribution in [0.15, 0.2) is 23.1 Å². The Morgan fingerprint density at radius 2 is 1.88 bits per heavy atom. The Hall–Kier alpha value is -4.00. The molecule has 1 aromatic carbocycles. The Labute approximate surface area is 241 Å². The Balaban J connectivity index is 1.73. The van der Waals surface area contributed by atoms with Crippen LogP contribution >= 0.6 is 0 Å². The second-order valence-corrected chi connectivity index (χ2v) is 10.8. The molecule has 3 heterocycles. The molecule has 1 saturated heterocycles. The third-order valence-corrected chi connectivity index (χ3v) is 7.19. The van der Waals surface area contributed by atoms with Gasteiger partial charge in [0.05, 0.1) is 19.2 Å². The number of hydrogen-bond acceptors (Lipinski definition) is 8. The summed E-state index contributed by atoms with van der Waals surface area (Å²) in [6, 6.07) is -0.130. The van der Waals surface area contributed by atoms with Crippen LogP contribution in [0.25, 0.3) is 22.4 Å². The first-order valence-electron chi connectivity index (χ1n) is 12.7. The minimum absolute atomic E-state index is 0.00890. The Morgan fingerprint density at radius 1 is 1.23 bits per heavy atom. The minimum atomic E-state index is -4.80. The molecule has 0 spiro atoms. The summed E-state index contributed by atoms with van der Waals surface area (Å²) in [4.78, 5) is 38.2. The number of aromatic nitrogens is 4. The largest absolute Gasteiger partial charge is 0.755 e. The van der Waals surface area contributed by atoms with Crippen molar-refractivity contribution in [3.05, 3.63) is 40.3 Å². The molecule has 12 nitrogen and oxygen atoms in total. The fourth-order valence-corrected chi connectivity index (χ4v) is 5.21. The van der Waals surface area contributed by atoms with Gasteiger partial charge in [0.1, 0.15) is 23.1 Å². The van der Waals surface area contributed by atoms with E-state index in [1.54, 1.807) is 13.8 Å². The molecule has 43 heavy (non-hydrogen) atoms. The number of benzene rings is 1. The highest BCUT2D eigenvalue weighted by Gasteiger charge is 2.32. The standard InChI is InChI=1S/C24H25F6N7O5S/c1-11(2)37-20-17(8-31-22(34-20)32-14-7-13(25)9-35(10-14)23(39)40)33-18(21(37)38)12-5-15(26)19(16(27)6-12)36(43(41)42)4-3-24(28,29)30/h5-6,8,11,13-14H,3-4,7,9-10H2,1-2H3,(H,39,40)(H,41,42)(H,31,32,34)/p-1/t13-,14-/m0/s1.